The van der Waals surface area contributed by atoms with Crippen LogP contribution in [0.1, 0.15) is 11.1 Å². The molecular formula is C19H15BrN4O. The Morgan fingerprint density at radius 3 is 2.76 bits per heavy atom. The van der Waals surface area contributed by atoms with Crippen LogP contribution in [0.3, 0.4) is 0 Å². The van der Waals surface area contributed by atoms with E-state index in [1.165, 1.54) is 5.56 Å². The fourth-order valence-corrected chi connectivity index (χ4v) is 3.48. The minimum absolute atomic E-state index is 0.634. The van der Waals surface area contributed by atoms with Gasteiger partial charge in [-0.25, -0.2) is 4.68 Å². The molecule has 2 aromatic carbocycles. The second kappa shape index (κ2) is 6.26. The highest BCUT2D eigenvalue weighted by molar-refractivity contribution is 9.10. The fourth-order valence-electron chi connectivity index (χ4n) is 3.12. The number of nitrogens with zero attached hydrogens (tertiary/aromatic N) is 3. The van der Waals surface area contributed by atoms with Gasteiger partial charge in [-0.3, -0.25) is 0 Å². The van der Waals surface area contributed by atoms with Crippen LogP contribution in [0.5, 0.6) is 5.75 Å². The lowest BCUT2D eigenvalue weighted by Crippen LogP contribution is -2.04. The summed E-state index contributed by atoms with van der Waals surface area (Å²) in [5, 5.41) is 17.3. The molecule has 0 saturated heterocycles. The third kappa shape index (κ3) is 2.67. The van der Waals surface area contributed by atoms with E-state index in [4.69, 9.17) is 15.1 Å². The second-order valence-electron chi connectivity index (χ2n) is 5.77. The Kier molecular flexibility index (Phi) is 3.94. The van der Waals surface area contributed by atoms with Crippen LogP contribution in [0, 0.1) is 11.3 Å². The molecule has 0 amide bonds. The lowest BCUT2D eigenvalue weighted by atomic mass is 10.1. The quantitative estimate of drug-likeness (QED) is 0.724. The minimum atomic E-state index is 0.634. The molecule has 2 heterocycles. The molecule has 3 aromatic rings. The standard InChI is InChI=1S/C19H15BrN4O/c1-25-17-7-4-13(20)10-16(17)18-15-8-9-22-19(15)24(23-18)14-5-2-12(11-21)3-6-14/h2-7,10,22H,8-9H2,1H3. The van der Waals surface area contributed by atoms with Crippen molar-refractivity contribution in [1.29, 1.82) is 5.26 Å². The van der Waals surface area contributed by atoms with E-state index in [-0.39, 0.29) is 0 Å². The van der Waals surface area contributed by atoms with Gasteiger partial charge in [0.15, 0.2) is 0 Å². The molecule has 0 radical (unpaired) electrons. The third-order valence-electron chi connectivity index (χ3n) is 4.31. The summed E-state index contributed by atoms with van der Waals surface area (Å²) in [6.45, 7) is 0.882. The lowest BCUT2D eigenvalue weighted by Gasteiger charge is -2.08. The largest absolute Gasteiger partial charge is 0.496 e. The smallest absolute Gasteiger partial charge is 0.133 e. The summed E-state index contributed by atoms with van der Waals surface area (Å²) in [5.41, 5.74) is 4.62. The molecule has 4 rings (SSSR count). The van der Waals surface area contributed by atoms with Gasteiger partial charge >= 0.3 is 0 Å². The van der Waals surface area contributed by atoms with Crippen molar-refractivity contribution in [2.45, 2.75) is 6.42 Å². The normalized spacial score (nSPS) is 12.4. The molecule has 0 saturated carbocycles. The van der Waals surface area contributed by atoms with Crippen LogP contribution in [-0.4, -0.2) is 23.4 Å². The molecule has 0 atom stereocenters. The number of ether oxygens (including phenoxy) is 1. The topological polar surface area (TPSA) is 62.9 Å². The molecule has 0 fully saturated rings. The van der Waals surface area contributed by atoms with Gasteiger partial charge in [0, 0.05) is 22.1 Å². The third-order valence-corrected chi connectivity index (χ3v) is 4.80. The summed E-state index contributed by atoms with van der Waals surface area (Å²) in [6.07, 6.45) is 0.913. The Bertz CT molecular complexity index is 986. The van der Waals surface area contributed by atoms with Crippen LogP contribution in [0.4, 0.5) is 5.82 Å². The van der Waals surface area contributed by atoms with E-state index in [0.717, 1.165) is 46.0 Å². The molecule has 0 bridgehead atoms. The number of anilines is 1. The highest BCUT2D eigenvalue weighted by Crippen LogP contribution is 2.39. The zero-order valence-corrected chi connectivity index (χ0v) is 15.2. The van der Waals surface area contributed by atoms with Crippen molar-refractivity contribution in [2.75, 3.05) is 19.0 Å². The summed E-state index contributed by atoms with van der Waals surface area (Å²) in [4.78, 5) is 0. The van der Waals surface area contributed by atoms with Crippen molar-refractivity contribution in [3.8, 4) is 28.8 Å². The predicted molar refractivity (Wildman–Crippen MR) is 100 cm³/mol. The van der Waals surface area contributed by atoms with Gasteiger partial charge in [-0.1, -0.05) is 15.9 Å². The Hall–Kier alpha value is -2.78. The van der Waals surface area contributed by atoms with E-state index in [0.29, 0.717) is 5.56 Å². The van der Waals surface area contributed by atoms with Crippen LogP contribution in [0.2, 0.25) is 0 Å². The molecule has 124 valence electrons. The molecule has 6 heteroatoms. The Balaban J connectivity index is 1.89. The van der Waals surface area contributed by atoms with Gasteiger partial charge < -0.3 is 10.1 Å². The summed E-state index contributed by atoms with van der Waals surface area (Å²) in [7, 11) is 1.67. The van der Waals surface area contributed by atoms with Crippen molar-refractivity contribution >= 4 is 21.7 Å². The Labute approximate surface area is 154 Å². The number of benzene rings is 2. The van der Waals surface area contributed by atoms with Crippen LogP contribution in [0.15, 0.2) is 46.9 Å². The maximum atomic E-state index is 8.99. The molecule has 1 aliphatic heterocycles. The zero-order chi connectivity index (χ0) is 17.4. The molecule has 25 heavy (non-hydrogen) atoms. The van der Waals surface area contributed by atoms with Gasteiger partial charge in [0.25, 0.3) is 0 Å². The average molecular weight is 395 g/mol. The first-order valence-electron chi connectivity index (χ1n) is 7.91. The molecule has 1 aliphatic rings. The van der Waals surface area contributed by atoms with E-state index in [2.05, 4.69) is 27.3 Å². The molecule has 0 spiro atoms. The second-order valence-corrected chi connectivity index (χ2v) is 6.68. The summed E-state index contributed by atoms with van der Waals surface area (Å²) in [6, 6.07) is 15.5. The number of hydrogen-bond donors (Lipinski definition) is 1. The maximum Gasteiger partial charge on any atom is 0.133 e. The number of aromatic nitrogens is 2. The van der Waals surface area contributed by atoms with Gasteiger partial charge in [-0.15, -0.1) is 0 Å². The van der Waals surface area contributed by atoms with Gasteiger partial charge in [0.1, 0.15) is 17.3 Å². The molecule has 0 unspecified atom stereocenters. The van der Waals surface area contributed by atoms with Crippen molar-refractivity contribution < 1.29 is 4.74 Å². The van der Waals surface area contributed by atoms with Crippen LogP contribution in [0.25, 0.3) is 16.9 Å². The number of nitriles is 1. The Morgan fingerprint density at radius 1 is 1.24 bits per heavy atom. The van der Waals surface area contributed by atoms with Crippen molar-refractivity contribution in [1.82, 2.24) is 9.78 Å². The zero-order valence-electron chi connectivity index (χ0n) is 13.6. The van der Waals surface area contributed by atoms with Crippen LogP contribution in [-0.2, 0) is 6.42 Å². The number of nitrogens with one attached hydrogen (secondary N) is 1. The Morgan fingerprint density at radius 2 is 2.04 bits per heavy atom. The fraction of sp³-hybridized carbons (Fsp3) is 0.158. The molecule has 5 nitrogen and oxygen atoms in total. The lowest BCUT2D eigenvalue weighted by molar-refractivity contribution is 0.416. The van der Waals surface area contributed by atoms with Gasteiger partial charge in [-0.05, 0) is 48.9 Å². The van der Waals surface area contributed by atoms with E-state index in [1.807, 2.05) is 35.0 Å². The summed E-state index contributed by atoms with van der Waals surface area (Å²) in [5.74, 6) is 1.80. The van der Waals surface area contributed by atoms with Crippen molar-refractivity contribution in [2.24, 2.45) is 0 Å². The average Bonchev–Trinajstić information content (AvgIpc) is 3.24. The first-order chi connectivity index (χ1) is 12.2. The monoisotopic (exact) mass is 394 g/mol. The van der Waals surface area contributed by atoms with Gasteiger partial charge in [0.05, 0.1) is 24.4 Å². The minimum Gasteiger partial charge on any atom is -0.496 e. The summed E-state index contributed by atoms with van der Waals surface area (Å²) < 4.78 is 8.42. The van der Waals surface area contributed by atoms with E-state index < -0.39 is 0 Å². The van der Waals surface area contributed by atoms with Crippen LogP contribution >= 0.6 is 15.9 Å². The highest BCUT2D eigenvalue weighted by Gasteiger charge is 2.25. The maximum absolute atomic E-state index is 8.99. The van der Waals surface area contributed by atoms with Gasteiger partial charge in [-0.2, -0.15) is 10.4 Å². The molecule has 0 aliphatic carbocycles. The van der Waals surface area contributed by atoms with E-state index in [9.17, 15) is 0 Å². The molecular weight excluding hydrogens is 380 g/mol. The number of halogens is 1. The number of rotatable bonds is 3. The molecule has 1 aromatic heterocycles. The first-order valence-corrected chi connectivity index (χ1v) is 8.71. The van der Waals surface area contributed by atoms with E-state index >= 15 is 0 Å². The van der Waals surface area contributed by atoms with Crippen molar-refractivity contribution in [3.63, 3.8) is 0 Å². The SMILES string of the molecule is COc1ccc(Br)cc1-c1nn(-c2ccc(C#N)cc2)c2c1CCN2. The predicted octanol–water partition coefficient (Wildman–Crippen LogP) is 4.15. The molecule has 1 N–H and O–H groups in total. The first kappa shape index (κ1) is 15.7. The number of fused-ring (bicyclic) bond motifs is 1. The van der Waals surface area contributed by atoms with Crippen molar-refractivity contribution in [3.05, 3.63) is 58.1 Å². The van der Waals surface area contributed by atoms with Gasteiger partial charge in [0.2, 0.25) is 0 Å². The van der Waals surface area contributed by atoms with Crippen LogP contribution < -0.4 is 10.1 Å². The van der Waals surface area contributed by atoms with E-state index in [1.54, 1.807) is 19.2 Å². The number of hydrogen-bond acceptors (Lipinski definition) is 4. The summed E-state index contributed by atoms with van der Waals surface area (Å²) >= 11 is 3.53. The number of methoxy groups -OCH3 is 1. The highest BCUT2D eigenvalue weighted by atomic mass is 79.9.